The van der Waals surface area contributed by atoms with E-state index < -0.39 is 0 Å². The van der Waals surface area contributed by atoms with Gasteiger partial charge in [0.1, 0.15) is 5.01 Å². The number of benzene rings is 1. The van der Waals surface area contributed by atoms with Crippen LogP contribution in [0.3, 0.4) is 0 Å². The van der Waals surface area contributed by atoms with Gasteiger partial charge < -0.3 is 0 Å². The van der Waals surface area contributed by atoms with Crippen LogP contribution in [-0.2, 0) is 0 Å². The summed E-state index contributed by atoms with van der Waals surface area (Å²) in [6.45, 7) is 1.97. The maximum absolute atomic E-state index is 12.0. The highest BCUT2D eigenvalue weighted by Crippen LogP contribution is 2.26. The predicted octanol–water partition coefficient (Wildman–Crippen LogP) is 3.83. The first-order chi connectivity index (χ1) is 9.72. The Morgan fingerprint density at radius 3 is 2.55 bits per heavy atom. The van der Waals surface area contributed by atoms with Crippen LogP contribution in [0.25, 0.3) is 10.6 Å². The second-order valence-corrected chi connectivity index (χ2v) is 6.41. The van der Waals surface area contributed by atoms with Crippen molar-refractivity contribution < 1.29 is 4.79 Å². The highest BCUT2D eigenvalue weighted by Gasteiger charge is 2.12. The van der Waals surface area contributed by atoms with Crippen molar-refractivity contribution in [2.24, 2.45) is 0 Å². The Morgan fingerprint density at radius 2 is 1.85 bits per heavy atom. The highest BCUT2D eigenvalue weighted by molar-refractivity contribution is 7.18. The smallest absolute Gasteiger partial charge is 0.267 e. The van der Waals surface area contributed by atoms with E-state index >= 15 is 0 Å². The number of rotatable bonds is 3. The molecule has 3 aromatic rings. The first kappa shape index (κ1) is 13.0. The van der Waals surface area contributed by atoms with Crippen LogP contribution < -0.4 is 5.32 Å². The van der Waals surface area contributed by atoms with Gasteiger partial charge in [-0.05, 0) is 19.1 Å². The fourth-order valence-corrected chi connectivity index (χ4v) is 3.19. The largest absolute Gasteiger partial charge is 0.296 e. The minimum atomic E-state index is -0.140. The van der Waals surface area contributed by atoms with Crippen molar-refractivity contribution in [3.8, 4) is 10.6 Å². The predicted molar refractivity (Wildman–Crippen MR) is 82.4 cm³/mol. The molecule has 2 heterocycles. The molecule has 0 bridgehead atoms. The lowest BCUT2D eigenvalue weighted by Crippen LogP contribution is -2.09. The number of hydrogen-bond acceptors (Lipinski definition) is 5. The molecule has 0 atom stereocenters. The third-order valence-corrected chi connectivity index (χ3v) is 4.52. The molecular formula is C14H11N3OS2. The molecular weight excluding hydrogens is 290 g/mol. The van der Waals surface area contributed by atoms with Crippen LogP contribution in [0.2, 0.25) is 0 Å². The van der Waals surface area contributed by atoms with Crippen molar-refractivity contribution in [3.63, 3.8) is 0 Å². The Hall–Kier alpha value is -2.05. The van der Waals surface area contributed by atoms with Crippen molar-refractivity contribution in [2.45, 2.75) is 6.92 Å². The zero-order chi connectivity index (χ0) is 13.9. The number of aryl methyl sites for hydroxylation is 1. The van der Waals surface area contributed by atoms with Crippen LogP contribution in [0.15, 0.2) is 42.5 Å². The number of carbonyl (C=O) groups excluding carboxylic acids is 1. The molecule has 0 saturated heterocycles. The van der Waals surface area contributed by atoms with Gasteiger partial charge in [-0.3, -0.25) is 10.1 Å². The minimum absolute atomic E-state index is 0.140. The summed E-state index contributed by atoms with van der Waals surface area (Å²) < 4.78 is 0. The van der Waals surface area contributed by atoms with E-state index in [-0.39, 0.29) is 5.91 Å². The van der Waals surface area contributed by atoms with Gasteiger partial charge in [-0.25, -0.2) is 0 Å². The summed E-state index contributed by atoms with van der Waals surface area (Å²) in [6.07, 6.45) is 0. The molecule has 0 aliphatic rings. The lowest BCUT2D eigenvalue weighted by atomic mass is 10.2. The zero-order valence-corrected chi connectivity index (χ0v) is 12.3. The molecule has 3 rings (SSSR count). The van der Waals surface area contributed by atoms with E-state index in [9.17, 15) is 4.79 Å². The Morgan fingerprint density at radius 1 is 1.05 bits per heavy atom. The zero-order valence-electron chi connectivity index (χ0n) is 10.7. The van der Waals surface area contributed by atoms with Crippen LogP contribution in [-0.4, -0.2) is 16.1 Å². The summed E-state index contributed by atoms with van der Waals surface area (Å²) >= 11 is 2.83. The normalized spacial score (nSPS) is 10.4. The monoisotopic (exact) mass is 301 g/mol. The van der Waals surface area contributed by atoms with Crippen LogP contribution >= 0.6 is 22.7 Å². The first-order valence-corrected chi connectivity index (χ1v) is 7.62. The van der Waals surface area contributed by atoms with Crippen LogP contribution in [0.4, 0.5) is 5.13 Å². The van der Waals surface area contributed by atoms with Gasteiger partial charge in [-0.2, -0.15) is 0 Å². The van der Waals surface area contributed by atoms with E-state index in [1.807, 2.05) is 49.4 Å². The van der Waals surface area contributed by atoms with Crippen LogP contribution in [0.1, 0.15) is 14.5 Å². The average molecular weight is 301 g/mol. The fourth-order valence-electron chi connectivity index (χ4n) is 1.69. The third kappa shape index (κ3) is 2.76. The molecule has 100 valence electrons. The van der Waals surface area contributed by atoms with Crippen molar-refractivity contribution in [1.82, 2.24) is 10.2 Å². The van der Waals surface area contributed by atoms with E-state index in [1.54, 1.807) is 0 Å². The molecule has 4 nitrogen and oxygen atoms in total. The molecule has 1 amide bonds. The second kappa shape index (κ2) is 5.52. The highest BCUT2D eigenvalue weighted by atomic mass is 32.1. The Kier molecular flexibility index (Phi) is 3.58. The summed E-state index contributed by atoms with van der Waals surface area (Å²) in [7, 11) is 0. The van der Waals surface area contributed by atoms with E-state index in [0.717, 1.165) is 15.4 Å². The Labute approximate surface area is 124 Å². The van der Waals surface area contributed by atoms with Crippen LogP contribution in [0, 0.1) is 6.92 Å². The maximum Gasteiger partial charge on any atom is 0.267 e. The standard InChI is InChI=1S/C14H11N3OS2/c1-9-7-8-11(19-9)12(18)15-14-17-16-13(20-14)10-5-3-2-4-6-10/h2-8H,1H3,(H,15,17,18). The molecule has 20 heavy (non-hydrogen) atoms. The molecule has 1 aromatic carbocycles. The quantitative estimate of drug-likeness (QED) is 0.800. The number of aromatic nitrogens is 2. The number of carbonyl (C=O) groups is 1. The summed E-state index contributed by atoms with van der Waals surface area (Å²) in [5.41, 5.74) is 0.998. The van der Waals surface area contributed by atoms with E-state index in [0.29, 0.717) is 10.0 Å². The summed E-state index contributed by atoms with van der Waals surface area (Å²) in [4.78, 5) is 13.8. The Bertz CT molecular complexity index is 734. The summed E-state index contributed by atoms with van der Waals surface area (Å²) in [5, 5.41) is 12.2. The van der Waals surface area contributed by atoms with Crippen molar-refractivity contribution in [3.05, 3.63) is 52.2 Å². The molecule has 0 fully saturated rings. The lowest BCUT2D eigenvalue weighted by molar-refractivity contribution is 0.103. The second-order valence-electron chi connectivity index (χ2n) is 4.14. The van der Waals surface area contributed by atoms with Crippen molar-refractivity contribution in [1.29, 1.82) is 0 Å². The van der Waals surface area contributed by atoms with Gasteiger partial charge in [0.05, 0.1) is 4.88 Å². The number of amides is 1. The van der Waals surface area contributed by atoms with Gasteiger partial charge in [-0.15, -0.1) is 21.5 Å². The molecule has 0 saturated carbocycles. The van der Waals surface area contributed by atoms with Gasteiger partial charge in [0.2, 0.25) is 5.13 Å². The average Bonchev–Trinajstić information content (AvgIpc) is 3.09. The maximum atomic E-state index is 12.0. The molecule has 2 aromatic heterocycles. The van der Waals surface area contributed by atoms with Crippen LogP contribution in [0.5, 0.6) is 0 Å². The molecule has 0 aliphatic carbocycles. The molecule has 0 unspecified atom stereocenters. The van der Waals surface area contributed by atoms with E-state index in [4.69, 9.17) is 0 Å². The number of thiophene rings is 1. The number of hydrogen-bond donors (Lipinski definition) is 1. The van der Waals surface area contributed by atoms with Crippen molar-refractivity contribution in [2.75, 3.05) is 5.32 Å². The minimum Gasteiger partial charge on any atom is -0.296 e. The summed E-state index contributed by atoms with van der Waals surface area (Å²) in [6, 6.07) is 13.5. The molecule has 0 aliphatic heterocycles. The third-order valence-electron chi connectivity index (χ3n) is 2.63. The van der Waals surface area contributed by atoms with Gasteiger partial charge in [0, 0.05) is 10.4 Å². The van der Waals surface area contributed by atoms with Gasteiger partial charge in [0.25, 0.3) is 5.91 Å². The number of nitrogens with one attached hydrogen (secondary N) is 1. The van der Waals surface area contributed by atoms with Gasteiger partial charge in [0.15, 0.2) is 0 Å². The SMILES string of the molecule is Cc1ccc(C(=O)Nc2nnc(-c3ccccc3)s2)s1. The summed E-state index contributed by atoms with van der Waals surface area (Å²) in [5.74, 6) is -0.140. The van der Waals surface area contributed by atoms with Crippen molar-refractivity contribution >= 4 is 33.7 Å². The van der Waals surface area contributed by atoms with E-state index in [1.165, 1.54) is 22.7 Å². The fraction of sp³-hybridized carbons (Fsp3) is 0.0714. The number of anilines is 1. The first-order valence-electron chi connectivity index (χ1n) is 5.99. The molecule has 6 heteroatoms. The topological polar surface area (TPSA) is 54.9 Å². The lowest BCUT2D eigenvalue weighted by Gasteiger charge is -1.96. The molecule has 0 spiro atoms. The van der Waals surface area contributed by atoms with Gasteiger partial charge in [-0.1, -0.05) is 41.7 Å². The van der Waals surface area contributed by atoms with Gasteiger partial charge >= 0.3 is 0 Å². The van der Waals surface area contributed by atoms with E-state index in [2.05, 4.69) is 15.5 Å². The molecule has 1 N–H and O–H groups in total. The number of nitrogens with zero attached hydrogens (tertiary/aromatic N) is 2. The molecule has 0 radical (unpaired) electrons. The Balaban J connectivity index is 1.76.